The van der Waals surface area contributed by atoms with E-state index >= 15 is 0 Å². The SMILES string of the molecule is Cc1cc(C)n(CC2CCN(CC(=O)Nc3cccc(Cl)c3)CC2)n1. The maximum atomic E-state index is 12.2. The van der Waals surface area contributed by atoms with E-state index in [1.54, 1.807) is 12.1 Å². The summed E-state index contributed by atoms with van der Waals surface area (Å²) < 4.78 is 2.11. The number of halogens is 1. The molecule has 2 heterocycles. The molecule has 25 heavy (non-hydrogen) atoms. The molecule has 0 spiro atoms. The minimum Gasteiger partial charge on any atom is -0.325 e. The van der Waals surface area contributed by atoms with Crippen molar-refractivity contribution in [2.24, 2.45) is 5.92 Å². The number of carbonyl (C=O) groups excluding carboxylic acids is 1. The molecule has 6 heteroatoms. The maximum Gasteiger partial charge on any atom is 0.238 e. The van der Waals surface area contributed by atoms with Gasteiger partial charge in [0.05, 0.1) is 12.2 Å². The highest BCUT2D eigenvalue weighted by Gasteiger charge is 2.22. The van der Waals surface area contributed by atoms with Crippen LogP contribution in [0.4, 0.5) is 5.69 Å². The number of hydrogen-bond acceptors (Lipinski definition) is 3. The van der Waals surface area contributed by atoms with Gasteiger partial charge >= 0.3 is 0 Å². The van der Waals surface area contributed by atoms with Gasteiger partial charge in [-0.1, -0.05) is 17.7 Å². The molecule has 0 unspecified atom stereocenters. The Labute approximate surface area is 154 Å². The highest BCUT2D eigenvalue weighted by Crippen LogP contribution is 2.20. The van der Waals surface area contributed by atoms with Gasteiger partial charge in [-0.15, -0.1) is 0 Å². The molecule has 1 amide bonds. The zero-order chi connectivity index (χ0) is 17.8. The number of benzene rings is 1. The largest absolute Gasteiger partial charge is 0.325 e. The summed E-state index contributed by atoms with van der Waals surface area (Å²) in [6, 6.07) is 9.37. The van der Waals surface area contributed by atoms with E-state index in [0.29, 0.717) is 17.5 Å². The van der Waals surface area contributed by atoms with Crippen molar-refractivity contribution in [3.05, 3.63) is 46.7 Å². The van der Waals surface area contributed by atoms with Crippen LogP contribution in [0.3, 0.4) is 0 Å². The number of nitrogens with zero attached hydrogens (tertiary/aromatic N) is 3. The van der Waals surface area contributed by atoms with Gasteiger partial charge in [0.25, 0.3) is 0 Å². The van der Waals surface area contributed by atoms with Crippen LogP contribution in [-0.2, 0) is 11.3 Å². The lowest BCUT2D eigenvalue weighted by molar-refractivity contribution is -0.117. The number of anilines is 1. The number of carbonyl (C=O) groups is 1. The fraction of sp³-hybridized carbons (Fsp3) is 0.474. The lowest BCUT2D eigenvalue weighted by atomic mass is 9.97. The number of aromatic nitrogens is 2. The first kappa shape index (κ1) is 18.0. The van der Waals surface area contributed by atoms with E-state index in [1.165, 1.54) is 5.69 Å². The Balaban J connectivity index is 1.44. The maximum absolute atomic E-state index is 12.2. The van der Waals surface area contributed by atoms with Gasteiger partial charge in [-0.2, -0.15) is 5.10 Å². The molecule has 2 aromatic rings. The van der Waals surface area contributed by atoms with Gasteiger partial charge in [0, 0.05) is 22.9 Å². The molecule has 134 valence electrons. The van der Waals surface area contributed by atoms with Crippen LogP contribution < -0.4 is 5.32 Å². The molecule has 3 rings (SSSR count). The summed E-state index contributed by atoms with van der Waals surface area (Å²) in [7, 11) is 0. The highest BCUT2D eigenvalue weighted by atomic mass is 35.5. The van der Waals surface area contributed by atoms with E-state index in [4.69, 9.17) is 11.6 Å². The van der Waals surface area contributed by atoms with Crippen LogP contribution in [0.5, 0.6) is 0 Å². The fourth-order valence-electron chi connectivity index (χ4n) is 3.40. The van der Waals surface area contributed by atoms with Gasteiger partial charge < -0.3 is 5.32 Å². The van der Waals surface area contributed by atoms with Crippen LogP contribution in [0.1, 0.15) is 24.2 Å². The number of aryl methyl sites for hydroxylation is 2. The van der Waals surface area contributed by atoms with Crippen molar-refractivity contribution in [3.63, 3.8) is 0 Å². The molecular formula is C19H25ClN4O. The molecule has 0 atom stereocenters. The van der Waals surface area contributed by atoms with Crippen LogP contribution in [-0.4, -0.2) is 40.2 Å². The second-order valence-corrected chi connectivity index (χ2v) is 7.32. The number of nitrogens with one attached hydrogen (secondary N) is 1. The summed E-state index contributed by atoms with van der Waals surface area (Å²) in [5, 5.41) is 8.09. The third-order valence-corrected chi connectivity index (χ3v) is 4.95. The second kappa shape index (κ2) is 8.02. The van der Waals surface area contributed by atoms with Gasteiger partial charge in [-0.05, 0) is 70.0 Å². The number of rotatable bonds is 5. The molecular weight excluding hydrogens is 336 g/mol. The number of piperidine rings is 1. The molecule has 1 fully saturated rings. The van der Waals surface area contributed by atoms with Crippen molar-refractivity contribution in [2.45, 2.75) is 33.2 Å². The van der Waals surface area contributed by atoms with Crippen molar-refractivity contribution in [1.82, 2.24) is 14.7 Å². The number of amides is 1. The van der Waals surface area contributed by atoms with E-state index in [-0.39, 0.29) is 5.91 Å². The van der Waals surface area contributed by atoms with E-state index in [2.05, 4.69) is 33.0 Å². The fourth-order valence-corrected chi connectivity index (χ4v) is 3.59. The first-order valence-electron chi connectivity index (χ1n) is 8.78. The Kier molecular flexibility index (Phi) is 5.76. The third kappa shape index (κ3) is 5.06. The zero-order valence-electron chi connectivity index (χ0n) is 14.8. The number of likely N-dealkylation sites (tertiary alicyclic amines) is 1. The van der Waals surface area contributed by atoms with Crippen LogP contribution >= 0.6 is 11.6 Å². The molecule has 1 aromatic carbocycles. The standard InChI is InChI=1S/C19H25ClN4O/c1-14-10-15(2)24(22-14)12-16-6-8-23(9-7-16)13-19(25)21-18-5-3-4-17(20)11-18/h3-5,10-11,16H,6-9,12-13H2,1-2H3,(H,21,25). The lowest BCUT2D eigenvalue weighted by Crippen LogP contribution is -2.40. The van der Waals surface area contributed by atoms with Crippen molar-refractivity contribution < 1.29 is 4.79 Å². The van der Waals surface area contributed by atoms with Gasteiger partial charge in [0.2, 0.25) is 5.91 Å². The number of hydrogen-bond donors (Lipinski definition) is 1. The normalized spacial score (nSPS) is 16.1. The molecule has 1 aliphatic rings. The summed E-state index contributed by atoms with van der Waals surface area (Å²) in [6.07, 6.45) is 2.20. The summed E-state index contributed by atoms with van der Waals surface area (Å²) in [5.41, 5.74) is 3.05. The molecule has 0 aliphatic carbocycles. The second-order valence-electron chi connectivity index (χ2n) is 6.89. The summed E-state index contributed by atoms with van der Waals surface area (Å²) in [5.74, 6) is 0.643. The van der Waals surface area contributed by atoms with E-state index in [1.807, 2.05) is 19.1 Å². The lowest BCUT2D eigenvalue weighted by Gasteiger charge is -2.31. The molecule has 0 radical (unpaired) electrons. The average Bonchev–Trinajstić information content (AvgIpc) is 2.86. The first-order chi connectivity index (χ1) is 12.0. The van der Waals surface area contributed by atoms with Crippen LogP contribution in [0.2, 0.25) is 5.02 Å². The van der Waals surface area contributed by atoms with E-state index in [9.17, 15) is 4.79 Å². The van der Waals surface area contributed by atoms with Crippen LogP contribution in [0, 0.1) is 19.8 Å². The predicted molar refractivity (Wildman–Crippen MR) is 101 cm³/mol. The average molecular weight is 361 g/mol. The molecule has 1 saturated heterocycles. The first-order valence-corrected chi connectivity index (χ1v) is 9.16. The summed E-state index contributed by atoms with van der Waals surface area (Å²) in [4.78, 5) is 14.4. The van der Waals surface area contributed by atoms with Crippen molar-refractivity contribution >= 4 is 23.2 Å². The summed E-state index contributed by atoms with van der Waals surface area (Å²) in [6.45, 7) is 7.45. The van der Waals surface area contributed by atoms with Gasteiger partial charge in [-0.25, -0.2) is 0 Å². The third-order valence-electron chi connectivity index (χ3n) is 4.72. The Morgan fingerprint density at radius 2 is 2.04 bits per heavy atom. The van der Waals surface area contributed by atoms with Crippen molar-refractivity contribution in [3.8, 4) is 0 Å². The molecule has 0 saturated carbocycles. The topological polar surface area (TPSA) is 50.2 Å². The Morgan fingerprint density at radius 1 is 1.28 bits per heavy atom. The monoisotopic (exact) mass is 360 g/mol. The predicted octanol–water partition coefficient (Wildman–Crippen LogP) is 3.50. The van der Waals surface area contributed by atoms with Crippen LogP contribution in [0.25, 0.3) is 0 Å². The molecule has 1 N–H and O–H groups in total. The van der Waals surface area contributed by atoms with Crippen molar-refractivity contribution in [1.29, 1.82) is 0 Å². The highest BCUT2D eigenvalue weighted by molar-refractivity contribution is 6.30. The van der Waals surface area contributed by atoms with Gasteiger partial charge in [0.1, 0.15) is 0 Å². The Hall–Kier alpha value is -1.85. The quantitative estimate of drug-likeness (QED) is 0.887. The van der Waals surface area contributed by atoms with Crippen LogP contribution in [0.15, 0.2) is 30.3 Å². The van der Waals surface area contributed by atoms with Crippen molar-refractivity contribution in [2.75, 3.05) is 25.0 Å². The van der Waals surface area contributed by atoms with E-state index in [0.717, 1.165) is 43.9 Å². The van der Waals surface area contributed by atoms with E-state index < -0.39 is 0 Å². The molecule has 1 aromatic heterocycles. The minimum atomic E-state index is 0.0132. The Bertz CT molecular complexity index is 735. The Morgan fingerprint density at radius 3 is 2.68 bits per heavy atom. The molecule has 1 aliphatic heterocycles. The minimum absolute atomic E-state index is 0.0132. The zero-order valence-corrected chi connectivity index (χ0v) is 15.6. The van der Waals surface area contributed by atoms with Gasteiger partial charge in [-0.3, -0.25) is 14.4 Å². The molecule has 5 nitrogen and oxygen atoms in total. The van der Waals surface area contributed by atoms with Gasteiger partial charge in [0.15, 0.2) is 0 Å². The smallest absolute Gasteiger partial charge is 0.238 e. The molecule has 0 bridgehead atoms. The summed E-state index contributed by atoms with van der Waals surface area (Å²) >= 11 is 5.95.